The highest BCUT2D eigenvalue weighted by molar-refractivity contribution is 9.10. The number of H-pyrrole nitrogens is 1. The molecule has 1 aromatic heterocycles. The average Bonchev–Trinajstić information content (AvgIpc) is 2.41. The molecule has 1 aromatic carbocycles. The van der Waals surface area contributed by atoms with E-state index in [9.17, 15) is 4.79 Å². The Morgan fingerprint density at radius 2 is 1.86 bits per heavy atom. The van der Waals surface area contributed by atoms with Crippen LogP contribution in [-0.4, -0.2) is 16.6 Å². The Morgan fingerprint density at radius 1 is 1.24 bits per heavy atom. The summed E-state index contributed by atoms with van der Waals surface area (Å²) in [5, 5.41) is 0. The van der Waals surface area contributed by atoms with Crippen molar-refractivity contribution in [3.63, 3.8) is 0 Å². The van der Waals surface area contributed by atoms with Gasteiger partial charge in [0.25, 0.3) is 5.56 Å². The first-order chi connectivity index (χ1) is 9.82. The summed E-state index contributed by atoms with van der Waals surface area (Å²) in [5.74, 6) is 1.37. The van der Waals surface area contributed by atoms with Crippen molar-refractivity contribution in [3.8, 4) is 17.1 Å². The first-order valence-electron chi connectivity index (χ1n) is 6.86. The van der Waals surface area contributed by atoms with Crippen LogP contribution >= 0.6 is 15.9 Å². The number of benzene rings is 1. The quantitative estimate of drug-likeness (QED) is 0.913. The van der Waals surface area contributed by atoms with Crippen LogP contribution in [0.2, 0.25) is 0 Å². The van der Waals surface area contributed by atoms with E-state index >= 15 is 0 Å². The average molecular weight is 351 g/mol. The highest BCUT2D eigenvalue weighted by Crippen LogP contribution is 2.27. The van der Waals surface area contributed by atoms with Gasteiger partial charge in [-0.1, -0.05) is 20.8 Å². The van der Waals surface area contributed by atoms with Gasteiger partial charge in [-0.15, -0.1) is 0 Å². The largest absolute Gasteiger partial charge is 0.494 e. The SMILES string of the molecule is CCOc1ccc(-c2nc(C(C)(C)C)c(Br)c(=O)[nH]2)cc1. The number of aromatic amines is 1. The van der Waals surface area contributed by atoms with Gasteiger partial charge in [0.1, 0.15) is 16.0 Å². The van der Waals surface area contributed by atoms with Crippen molar-refractivity contribution < 1.29 is 4.74 Å². The molecule has 0 spiro atoms. The molecule has 0 radical (unpaired) electrons. The van der Waals surface area contributed by atoms with Crippen LogP contribution in [0.4, 0.5) is 0 Å². The Hall–Kier alpha value is -1.62. The first kappa shape index (κ1) is 15.8. The van der Waals surface area contributed by atoms with Crippen LogP contribution in [0.3, 0.4) is 0 Å². The molecule has 0 saturated heterocycles. The van der Waals surface area contributed by atoms with Gasteiger partial charge in [0, 0.05) is 11.0 Å². The van der Waals surface area contributed by atoms with E-state index in [1.54, 1.807) is 0 Å². The first-order valence-corrected chi connectivity index (χ1v) is 7.65. The van der Waals surface area contributed by atoms with Crippen molar-refractivity contribution in [2.24, 2.45) is 0 Å². The summed E-state index contributed by atoms with van der Waals surface area (Å²) in [6.07, 6.45) is 0. The molecule has 0 atom stereocenters. The predicted octanol–water partition coefficient (Wildman–Crippen LogP) is 3.90. The number of hydrogen-bond acceptors (Lipinski definition) is 3. The molecule has 1 N–H and O–H groups in total. The number of hydrogen-bond donors (Lipinski definition) is 1. The minimum Gasteiger partial charge on any atom is -0.494 e. The minimum atomic E-state index is -0.215. The van der Waals surface area contributed by atoms with Crippen molar-refractivity contribution in [1.29, 1.82) is 0 Å². The lowest BCUT2D eigenvalue weighted by Gasteiger charge is -2.19. The van der Waals surface area contributed by atoms with Crippen molar-refractivity contribution in [3.05, 3.63) is 44.8 Å². The van der Waals surface area contributed by atoms with E-state index in [1.165, 1.54) is 0 Å². The van der Waals surface area contributed by atoms with Crippen LogP contribution in [0, 0.1) is 0 Å². The Morgan fingerprint density at radius 3 is 2.38 bits per heavy atom. The normalized spacial score (nSPS) is 11.5. The second kappa shape index (κ2) is 6.02. The lowest BCUT2D eigenvalue weighted by Crippen LogP contribution is -2.22. The zero-order valence-corrected chi connectivity index (χ0v) is 14.2. The van der Waals surface area contributed by atoms with Crippen LogP contribution in [0.25, 0.3) is 11.4 Å². The molecule has 0 unspecified atom stereocenters. The second-order valence-electron chi connectivity index (χ2n) is 5.78. The number of ether oxygens (including phenoxy) is 1. The number of nitrogens with one attached hydrogen (secondary N) is 1. The van der Waals surface area contributed by atoms with Crippen LogP contribution in [0.1, 0.15) is 33.4 Å². The molecule has 5 heteroatoms. The molecule has 1 heterocycles. The molecule has 0 aliphatic carbocycles. The summed E-state index contributed by atoms with van der Waals surface area (Å²) >= 11 is 3.33. The summed E-state index contributed by atoms with van der Waals surface area (Å²) in [6.45, 7) is 8.66. The van der Waals surface area contributed by atoms with Crippen molar-refractivity contribution >= 4 is 15.9 Å². The maximum Gasteiger partial charge on any atom is 0.265 e. The van der Waals surface area contributed by atoms with Crippen molar-refractivity contribution in [2.75, 3.05) is 6.61 Å². The maximum absolute atomic E-state index is 12.1. The second-order valence-corrected chi connectivity index (χ2v) is 6.58. The molecule has 4 nitrogen and oxygen atoms in total. The molecule has 2 rings (SSSR count). The molecule has 112 valence electrons. The molecule has 21 heavy (non-hydrogen) atoms. The summed E-state index contributed by atoms with van der Waals surface area (Å²) in [6, 6.07) is 7.53. The zero-order valence-electron chi connectivity index (χ0n) is 12.7. The summed E-state index contributed by atoms with van der Waals surface area (Å²) in [7, 11) is 0. The molecule has 0 bridgehead atoms. The summed E-state index contributed by atoms with van der Waals surface area (Å²) in [4.78, 5) is 19.5. The van der Waals surface area contributed by atoms with Gasteiger partial charge in [-0.05, 0) is 47.1 Å². The fourth-order valence-corrected chi connectivity index (χ4v) is 2.75. The molecule has 2 aromatic rings. The van der Waals surface area contributed by atoms with Crippen LogP contribution in [-0.2, 0) is 5.41 Å². The molecule has 0 fully saturated rings. The molecule has 0 saturated carbocycles. The van der Waals surface area contributed by atoms with Crippen molar-refractivity contribution in [1.82, 2.24) is 9.97 Å². The van der Waals surface area contributed by atoms with Crippen LogP contribution in [0.15, 0.2) is 33.5 Å². The van der Waals surface area contributed by atoms with Gasteiger partial charge in [-0.2, -0.15) is 0 Å². The van der Waals surface area contributed by atoms with E-state index in [0.717, 1.165) is 17.0 Å². The van der Waals surface area contributed by atoms with Gasteiger partial charge >= 0.3 is 0 Å². The van der Waals surface area contributed by atoms with E-state index in [4.69, 9.17) is 4.74 Å². The van der Waals surface area contributed by atoms with E-state index in [0.29, 0.717) is 16.9 Å². The molecule has 0 aliphatic heterocycles. The number of nitrogens with zero attached hydrogens (tertiary/aromatic N) is 1. The van der Waals surface area contributed by atoms with Gasteiger partial charge in [0.15, 0.2) is 0 Å². The van der Waals surface area contributed by atoms with Gasteiger partial charge in [0.2, 0.25) is 0 Å². The highest BCUT2D eigenvalue weighted by Gasteiger charge is 2.22. The fourth-order valence-electron chi connectivity index (χ4n) is 1.97. The Bertz CT molecular complexity index is 685. The van der Waals surface area contributed by atoms with Crippen LogP contribution < -0.4 is 10.3 Å². The number of aromatic nitrogens is 2. The zero-order chi connectivity index (χ0) is 15.6. The maximum atomic E-state index is 12.1. The third-order valence-electron chi connectivity index (χ3n) is 3.01. The highest BCUT2D eigenvalue weighted by atomic mass is 79.9. The predicted molar refractivity (Wildman–Crippen MR) is 87.9 cm³/mol. The fraction of sp³-hybridized carbons (Fsp3) is 0.375. The Balaban J connectivity index is 2.49. The van der Waals surface area contributed by atoms with E-state index in [2.05, 4.69) is 25.9 Å². The van der Waals surface area contributed by atoms with Crippen molar-refractivity contribution in [2.45, 2.75) is 33.1 Å². The molecule has 0 aliphatic rings. The third-order valence-corrected chi connectivity index (χ3v) is 3.75. The third kappa shape index (κ3) is 3.53. The Labute approximate surface area is 132 Å². The smallest absolute Gasteiger partial charge is 0.265 e. The van der Waals surface area contributed by atoms with Gasteiger partial charge < -0.3 is 9.72 Å². The summed E-state index contributed by atoms with van der Waals surface area (Å²) in [5.41, 5.74) is 1.22. The summed E-state index contributed by atoms with van der Waals surface area (Å²) < 4.78 is 5.91. The van der Waals surface area contributed by atoms with E-state index in [1.807, 2.05) is 52.0 Å². The standard InChI is InChI=1S/C16H19BrN2O2/c1-5-21-11-8-6-10(7-9-11)14-18-13(16(2,3)4)12(17)15(20)19-14/h6-9H,5H2,1-4H3,(H,18,19,20). The topological polar surface area (TPSA) is 55.0 Å². The van der Waals surface area contributed by atoms with Crippen LogP contribution in [0.5, 0.6) is 5.75 Å². The van der Waals surface area contributed by atoms with E-state index in [-0.39, 0.29) is 11.0 Å². The number of rotatable bonds is 3. The lowest BCUT2D eigenvalue weighted by atomic mass is 9.92. The van der Waals surface area contributed by atoms with Gasteiger partial charge in [-0.3, -0.25) is 4.79 Å². The van der Waals surface area contributed by atoms with Gasteiger partial charge in [0.05, 0.1) is 12.3 Å². The van der Waals surface area contributed by atoms with E-state index < -0.39 is 0 Å². The number of halogens is 1. The molecule has 0 amide bonds. The monoisotopic (exact) mass is 350 g/mol. The molecular weight excluding hydrogens is 332 g/mol. The Kier molecular flexibility index (Phi) is 4.52. The van der Waals surface area contributed by atoms with Gasteiger partial charge in [-0.25, -0.2) is 4.98 Å². The minimum absolute atomic E-state index is 0.168. The lowest BCUT2D eigenvalue weighted by molar-refractivity contribution is 0.340. The molecular formula is C16H19BrN2O2.